The molecular weight excluding hydrogens is 264 g/mol. The molecule has 2 rings (SSSR count). The van der Waals surface area contributed by atoms with Crippen molar-refractivity contribution in [2.24, 2.45) is 5.92 Å². The van der Waals surface area contributed by atoms with E-state index >= 15 is 0 Å². The quantitative estimate of drug-likeness (QED) is 0.797. The van der Waals surface area contributed by atoms with Crippen LogP contribution in [0.4, 0.5) is 8.78 Å². The molecule has 1 aromatic rings. The Balaban J connectivity index is 1.92. The van der Waals surface area contributed by atoms with E-state index in [9.17, 15) is 8.78 Å². The molecule has 0 aliphatic carbocycles. The molecular formula is C15H22F2NS. The Morgan fingerprint density at radius 3 is 2.53 bits per heavy atom. The Morgan fingerprint density at radius 1 is 1.42 bits per heavy atom. The maximum Gasteiger partial charge on any atom is 0.251 e. The molecule has 107 valence electrons. The Hall–Kier alpha value is -0.480. The topological polar surface area (TPSA) is 3.24 Å². The van der Waals surface area contributed by atoms with Crippen LogP contribution < -0.4 is 0 Å². The van der Waals surface area contributed by atoms with Gasteiger partial charge in [0, 0.05) is 4.88 Å². The summed E-state index contributed by atoms with van der Waals surface area (Å²) in [7, 11) is 0. The lowest BCUT2D eigenvalue weighted by atomic mass is 9.83. The van der Waals surface area contributed by atoms with E-state index in [0.717, 1.165) is 31.5 Å². The van der Waals surface area contributed by atoms with E-state index in [1.165, 1.54) is 10.4 Å². The molecule has 1 nitrogen and oxygen atoms in total. The second-order valence-corrected chi connectivity index (χ2v) is 6.48. The number of nitrogens with zero attached hydrogens (tertiary/aromatic N) is 1. The van der Waals surface area contributed by atoms with E-state index in [-0.39, 0.29) is 6.54 Å². The van der Waals surface area contributed by atoms with Crippen molar-refractivity contribution >= 4 is 11.3 Å². The fraction of sp³-hybridized carbons (Fsp3) is 0.667. The number of thiophene rings is 1. The molecule has 0 unspecified atom stereocenters. The molecule has 0 spiro atoms. The molecule has 1 radical (unpaired) electrons. The molecule has 2 heterocycles. The lowest BCUT2D eigenvalue weighted by Crippen LogP contribution is -2.38. The maximum absolute atomic E-state index is 12.3. The van der Waals surface area contributed by atoms with Gasteiger partial charge in [0.05, 0.1) is 6.54 Å². The normalized spacial score (nSPS) is 20.1. The number of hydrogen-bond acceptors (Lipinski definition) is 2. The number of alkyl halides is 2. The number of rotatable bonds is 4. The van der Waals surface area contributed by atoms with Crippen molar-refractivity contribution in [1.82, 2.24) is 4.90 Å². The van der Waals surface area contributed by atoms with Gasteiger partial charge in [0.15, 0.2) is 0 Å². The van der Waals surface area contributed by atoms with Gasteiger partial charge in [-0.2, -0.15) is 0 Å². The van der Waals surface area contributed by atoms with E-state index < -0.39 is 6.43 Å². The smallest absolute Gasteiger partial charge is 0.251 e. The van der Waals surface area contributed by atoms with Crippen molar-refractivity contribution < 1.29 is 8.78 Å². The van der Waals surface area contributed by atoms with Crippen LogP contribution >= 0.6 is 11.3 Å². The largest absolute Gasteiger partial charge is 0.298 e. The summed E-state index contributed by atoms with van der Waals surface area (Å²) in [4.78, 5) is 3.32. The first-order valence-electron chi connectivity index (χ1n) is 6.89. The summed E-state index contributed by atoms with van der Waals surface area (Å²) in [6.07, 6.45) is -0.155. The fourth-order valence-corrected chi connectivity index (χ4v) is 4.12. The minimum absolute atomic E-state index is 0.0673. The molecule has 0 saturated carbocycles. The van der Waals surface area contributed by atoms with Gasteiger partial charge in [0.1, 0.15) is 0 Å². The van der Waals surface area contributed by atoms with Crippen molar-refractivity contribution in [2.75, 3.05) is 19.6 Å². The molecule has 1 aliphatic rings. The van der Waals surface area contributed by atoms with Crippen LogP contribution in [-0.4, -0.2) is 31.0 Å². The van der Waals surface area contributed by atoms with Gasteiger partial charge in [0.2, 0.25) is 0 Å². The van der Waals surface area contributed by atoms with E-state index in [1.807, 2.05) is 4.90 Å². The van der Waals surface area contributed by atoms with Crippen LogP contribution in [0.15, 0.2) is 5.38 Å². The van der Waals surface area contributed by atoms with Crippen LogP contribution in [0.5, 0.6) is 0 Å². The summed E-state index contributed by atoms with van der Waals surface area (Å²) in [5.74, 6) is 1.14. The highest BCUT2D eigenvalue weighted by Crippen LogP contribution is 2.37. The van der Waals surface area contributed by atoms with Gasteiger partial charge in [-0.05, 0) is 68.1 Å². The van der Waals surface area contributed by atoms with Crippen LogP contribution in [-0.2, 0) is 0 Å². The summed E-state index contributed by atoms with van der Waals surface area (Å²) in [5, 5.41) is 2.12. The highest BCUT2D eigenvalue weighted by molar-refractivity contribution is 7.10. The molecule has 0 amide bonds. The first-order valence-corrected chi connectivity index (χ1v) is 7.77. The number of halogens is 2. The highest BCUT2D eigenvalue weighted by Gasteiger charge is 2.27. The highest BCUT2D eigenvalue weighted by atomic mass is 32.1. The Kier molecular flexibility index (Phi) is 4.96. The van der Waals surface area contributed by atoms with E-state index in [4.69, 9.17) is 0 Å². The lowest BCUT2D eigenvalue weighted by molar-refractivity contribution is 0.0666. The summed E-state index contributed by atoms with van der Waals surface area (Å²) < 4.78 is 24.7. The fourth-order valence-electron chi connectivity index (χ4n) is 2.96. The molecule has 4 heteroatoms. The van der Waals surface area contributed by atoms with Crippen LogP contribution in [0.2, 0.25) is 0 Å². The van der Waals surface area contributed by atoms with Gasteiger partial charge in [-0.15, -0.1) is 11.3 Å². The second-order valence-electron chi connectivity index (χ2n) is 5.57. The first kappa shape index (κ1) is 14.9. The SMILES string of the molecule is [CH2]c1csc([C@H](C)C2CCN(CC(F)F)CC2)c1C. The van der Waals surface area contributed by atoms with Gasteiger partial charge in [-0.25, -0.2) is 8.78 Å². The minimum atomic E-state index is -2.21. The van der Waals surface area contributed by atoms with E-state index in [2.05, 4.69) is 26.2 Å². The number of hydrogen-bond donors (Lipinski definition) is 0. The van der Waals surface area contributed by atoms with Crippen molar-refractivity contribution in [1.29, 1.82) is 0 Å². The Labute approximate surface area is 118 Å². The molecule has 1 saturated heterocycles. The molecule has 1 aromatic heterocycles. The average molecular weight is 286 g/mol. The van der Waals surface area contributed by atoms with Crippen molar-refractivity contribution in [2.45, 2.75) is 39.0 Å². The minimum Gasteiger partial charge on any atom is -0.298 e. The molecule has 19 heavy (non-hydrogen) atoms. The second kappa shape index (κ2) is 6.31. The van der Waals surface area contributed by atoms with Crippen molar-refractivity contribution in [3.8, 4) is 0 Å². The first-order chi connectivity index (χ1) is 8.99. The van der Waals surface area contributed by atoms with Crippen LogP contribution in [0.1, 0.15) is 41.7 Å². The standard InChI is InChI=1S/C15H22F2NS/c1-10-9-19-15(11(10)2)12(3)13-4-6-18(7-5-13)8-14(16)17/h9,12-14H,1,4-8H2,2-3H3/t12-/m1/s1. The average Bonchev–Trinajstić information content (AvgIpc) is 2.69. The summed E-state index contributed by atoms with van der Waals surface area (Å²) >= 11 is 1.79. The number of likely N-dealkylation sites (tertiary alicyclic amines) is 1. The van der Waals surface area contributed by atoms with E-state index in [0.29, 0.717) is 11.8 Å². The van der Waals surface area contributed by atoms with Crippen molar-refractivity contribution in [3.63, 3.8) is 0 Å². The predicted molar refractivity (Wildman–Crippen MR) is 77.1 cm³/mol. The maximum atomic E-state index is 12.3. The Morgan fingerprint density at radius 2 is 2.05 bits per heavy atom. The molecule has 1 atom stereocenters. The molecule has 0 bridgehead atoms. The van der Waals surface area contributed by atoms with Gasteiger partial charge < -0.3 is 0 Å². The summed E-state index contributed by atoms with van der Waals surface area (Å²) in [6, 6.07) is 0. The number of piperidine rings is 1. The third kappa shape index (κ3) is 3.54. The van der Waals surface area contributed by atoms with Crippen LogP contribution in [0.3, 0.4) is 0 Å². The summed E-state index contributed by atoms with van der Waals surface area (Å²) in [5.41, 5.74) is 2.44. The molecule has 0 N–H and O–H groups in total. The van der Waals surface area contributed by atoms with Gasteiger partial charge in [0.25, 0.3) is 6.43 Å². The van der Waals surface area contributed by atoms with Gasteiger partial charge in [-0.3, -0.25) is 4.90 Å². The lowest BCUT2D eigenvalue weighted by Gasteiger charge is -2.34. The van der Waals surface area contributed by atoms with E-state index in [1.54, 1.807) is 11.3 Å². The van der Waals surface area contributed by atoms with Gasteiger partial charge in [-0.1, -0.05) is 6.92 Å². The zero-order valence-electron chi connectivity index (χ0n) is 11.7. The monoisotopic (exact) mass is 286 g/mol. The zero-order valence-corrected chi connectivity index (χ0v) is 12.5. The zero-order chi connectivity index (χ0) is 14.0. The third-order valence-electron chi connectivity index (χ3n) is 4.33. The molecule has 0 aromatic carbocycles. The van der Waals surface area contributed by atoms with Crippen LogP contribution in [0, 0.1) is 19.8 Å². The third-order valence-corrected chi connectivity index (χ3v) is 5.66. The van der Waals surface area contributed by atoms with Gasteiger partial charge >= 0.3 is 0 Å². The van der Waals surface area contributed by atoms with Crippen molar-refractivity contribution in [3.05, 3.63) is 28.3 Å². The van der Waals surface area contributed by atoms with Crippen LogP contribution in [0.25, 0.3) is 0 Å². The molecule has 1 aliphatic heterocycles. The Bertz CT molecular complexity index is 408. The summed E-state index contributed by atoms with van der Waals surface area (Å²) in [6.45, 7) is 9.98. The predicted octanol–water partition coefficient (Wildman–Crippen LogP) is 4.32. The molecule has 1 fully saturated rings.